The van der Waals surface area contributed by atoms with Gasteiger partial charge in [-0.25, -0.2) is 9.97 Å². The number of aromatic nitrogens is 4. The van der Waals surface area contributed by atoms with E-state index in [1.54, 1.807) is 33.9 Å². The van der Waals surface area contributed by atoms with Gasteiger partial charge in [-0.15, -0.1) is 22.7 Å². The second-order valence-corrected chi connectivity index (χ2v) is 9.52. The molecule has 0 bridgehead atoms. The average molecular weight is 444 g/mol. The van der Waals surface area contributed by atoms with E-state index in [2.05, 4.69) is 56.3 Å². The molecule has 0 aliphatic carbocycles. The summed E-state index contributed by atoms with van der Waals surface area (Å²) in [7, 11) is 0. The van der Waals surface area contributed by atoms with Gasteiger partial charge in [0.2, 0.25) is 6.41 Å². The Bertz CT molecular complexity index is 1360. The van der Waals surface area contributed by atoms with Crippen LogP contribution in [0.4, 0.5) is 0 Å². The first-order chi connectivity index (χ1) is 15.3. The molecule has 1 amide bonds. The van der Waals surface area contributed by atoms with Crippen LogP contribution < -0.4 is 0 Å². The highest BCUT2D eigenvalue weighted by molar-refractivity contribution is 7.31. The Hall–Kier alpha value is -3.49. The maximum absolute atomic E-state index is 11.2. The van der Waals surface area contributed by atoms with Crippen molar-refractivity contribution >= 4 is 38.5 Å². The van der Waals surface area contributed by atoms with E-state index in [1.165, 1.54) is 24.7 Å². The molecule has 6 rings (SSSR count). The number of thiophene rings is 2. The standard InChI is InChI=1S/C23H17N5OS2/c29-13-28-7-1-2-18(28)23-25-11-16(27-23)14-3-5-15(6-4-14)19-8-21-22(30-19)9-20(31-21)17-10-24-12-26-17/h1-6,8-13,18H,7H2,(H,24,26)(H,25,27). The second-order valence-electron chi connectivity index (χ2n) is 7.35. The predicted octanol–water partition coefficient (Wildman–Crippen LogP) is 5.48. The molecular formula is C23H17N5OS2. The van der Waals surface area contributed by atoms with Crippen molar-refractivity contribution in [2.45, 2.75) is 6.04 Å². The molecule has 1 aliphatic rings. The van der Waals surface area contributed by atoms with Gasteiger partial charge in [0.05, 0.1) is 35.0 Å². The zero-order chi connectivity index (χ0) is 20.8. The molecule has 5 heterocycles. The van der Waals surface area contributed by atoms with Crippen LogP contribution in [0.2, 0.25) is 0 Å². The highest BCUT2D eigenvalue weighted by Gasteiger charge is 2.22. The number of fused-ring (bicyclic) bond motifs is 1. The number of amides is 1. The molecule has 0 saturated carbocycles. The molecular weight excluding hydrogens is 426 g/mol. The lowest BCUT2D eigenvalue weighted by Gasteiger charge is -2.17. The van der Waals surface area contributed by atoms with E-state index in [4.69, 9.17) is 0 Å². The normalized spacial score (nSPS) is 15.9. The zero-order valence-corrected chi connectivity index (χ0v) is 17.9. The minimum Gasteiger partial charge on any atom is -0.344 e. The molecule has 0 saturated heterocycles. The van der Waals surface area contributed by atoms with Crippen LogP contribution in [0.25, 0.3) is 41.7 Å². The fraction of sp³-hybridized carbons (Fsp3) is 0.0870. The van der Waals surface area contributed by atoms with Crippen LogP contribution in [0.5, 0.6) is 0 Å². The number of imidazole rings is 2. The molecule has 152 valence electrons. The predicted molar refractivity (Wildman–Crippen MR) is 125 cm³/mol. The molecule has 0 fully saturated rings. The largest absolute Gasteiger partial charge is 0.344 e. The molecule has 0 spiro atoms. The SMILES string of the molecule is O=CN1CC=CC1c1ncc(-c2ccc(-c3cc4sc(-c5cnc[nH]5)cc4s3)cc2)[nH]1. The van der Waals surface area contributed by atoms with Crippen LogP contribution in [0, 0.1) is 0 Å². The summed E-state index contributed by atoms with van der Waals surface area (Å²) in [6.45, 7) is 0.626. The number of H-pyrrole nitrogens is 2. The first-order valence-corrected chi connectivity index (χ1v) is 11.5. The zero-order valence-electron chi connectivity index (χ0n) is 16.3. The van der Waals surface area contributed by atoms with E-state index in [0.717, 1.165) is 29.2 Å². The molecule has 1 aromatic carbocycles. The van der Waals surface area contributed by atoms with Crippen molar-refractivity contribution in [2.75, 3.05) is 6.54 Å². The Morgan fingerprint density at radius 3 is 2.55 bits per heavy atom. The molecule has 2 N–H and O–H groups in total. The smallest absolute Gasteiger partial charge is 0.210 e. The Balaban J connectivity index is 1.24. The molecule has 6 nitrogen and oxygen atoms in total. The summed E-state index contributed by atoms with van der Waals surface area (Å²) in [4.78, 5) is 30.5. The lowest BCUT2D eigenvalue weighted by Crippen LogP contribution is -2.22. The Labute approximate surface area is 185 Å². The van der Waals surface area contributed by atoms with Crippen molar-refractivity contribution in [2.24, 2.45) is 0 Å². The van der Waals surface area contributed by atoms with Crippen LogP contribution >= 0.6 is 22.7 Å². The Morgan fingerprint density at radius 1 is 1.00 bits per heavy atom. The fourth-order valence-corrected chi connectivity index (χ4v) is 6.22. The van der Waals surface area contributed by atoms with Crippen molar-refractivity contribution in [3.63, 3.8) is 0 Å². The van der Waals surface area contributed by atoms with Gasteiger partial charge < -0.3 is 14.9 Å². The van der Waals surface area contributed by atoms with Crippen molar-refractivity contribution in [3.8, 4) is 32.3 Å². The molecule has 1 atom stereocenters. The van der Waals surface area contributed by atoms with E-state index in [-0.39, 0.29) is 6.04 Å². The summed E-state index contributed by atoms with van der Waals surface area (Å²) in [5.41, 5.74) is 4.28. The van der Waals surface area contributed by atoms with E-state index in [1.807, 2.05) is 24.5 Å². The third kappa shape index (κ3) is 3.20. The third-order valence-corrected chi connectivity index (χ3v) is 7.83. The van der Waals surface area contributed by atoms with Gasteiger partial charge in [0.1, 0.15) is 11.9 Å². The molecule has 5 aromatic rings. The van der Waals surface area contributed by atoms with Gasteiger partial charge in [-0.1, -0.05) is 36.4 Å². The van der Waals surface area contributed by atoms with Crippen molar-refractivity contribution in [1.82, 2.24) is 24.8 Å². The monoisotopic (exact) mass is 443 g/mol. The van der Waals surface area contributed by atoms with Crippen LogP contribution in [0.15, 0.2) is 67.3 Å². The van der Waals surface area contributed by atoms with Crippen molar-refractivity contribution < 1.29 is 4.79 Å². The fourth-order valence-electron chi connectivity index (χ4n) is 3.84. The molecule has 4 aromatic heterocycles. The number of aromatic amines is 2. The molecule has 1 unspecified atom stereocenters. The lowest BCUT2D eigenvalue weighted by atomic mass is 10.1. The highest BCUT2D eigenvalue weighted by Crippen LogP contribution is 2.41. The lowest BCUT2D eigenvalue weighted by molar-refractivity contribution is -0.118. The van der Waals surface area contributed by atoms with Gasteiger partial charge in [-0.2, -0.15) is 0 Å². The summed E-state index contributed by atoms with van der Waals surface area (Å²) >= 11 is 3.58. The molecule has 1 aliphatic heterocycles. The maximum atomic E-state index is 11.2. The number of nitrogens with one attached hydrogen (secondary N) is 2. The van der Waals surface area contributed by atoms with Gasteiger partial charge >= 0.3 is 0 Å². The van der Waals surface area contributed by atoms with Gasteiger partial charge in [0.15, 0.2) is 0 Å². The Morgan fingerprint density at radius 2 is 1.77 bits per heavy atom. The van der Waals surface area contributed by atoms with Gasteiger partial charge in [-0.05, 0) is 23.3 Å². The Kier molecular flexibility index (Phi) is 4.33. The van der Waals surface area contributed by atoms with Crippen molar-refractivity contribution in [1.29, 1.82) is 0 Å². The van der Waals surface area contributed by atoms with Crippen LogP contribution in [0.3, 0.4) is 0 Å². The summed E-state index contributed by atoms with van der Waals surface area (Å²) < 4.78 is 2.58. The average Bonchev–Trinajstić information content (AvgIpc) is 3.59. The maximum Gasteiger partial charge on any atom is 0.210 e. The van der Waals surface area contributed by atoms with Crippen molar-refractivity contribution in [3.05, 3.63) is 73.1 Å². The summed E-state index contributed by atoms with van der Waals surface area (Å²) in [6.07, 6.45) is 10.3. The summed E-state index contributed by atoms with van der Waals surface area (Å²) in [5.74, 6) is 0.784. The van der Waals surface area contributed by atoms with E-state index in [9.17, 15) is 4.79 Å². The van der Waals surface area contributed by atoms with E-state index >= 15 is 0 Å². The van der Waals surface area contributed by atoms with Crippen LogP contribution in [0.1, 0.15) is 11.9 Å². The van der Waals surface area contributed by atoms with E-state index in [0.29, 0.717) is 6.54 Å². The second kappa shape index (κ2) is 7.33. The number of rotatable bonds is 5. The van der Waals surface area contributed by atoms with Gasteiger partial charge in [0, 0.05) is 20.8 Å². The number of hydrogen-bond acceptors (Lipinski definition) is 5. The number of benzene rings is 1. The van der Waals surface area contributed by atoms with Gasteiger partial charge in [-0.3, -0.25) is 4.79 Å². The molecule has 8 heteroatoms. The van der Waals surface area contributed by atoms with Crippen LogP contribution in [-0.4, -0.2) is 37.8 Å². The first-order valence-electron chi connectivity index (χ1n) is 9.84. The quantitative estimate of drug-likeness (QED) is 0.279. The highest BCUT2D eigenvalue weighted by atomic mass is 32.1. The molecule has 0 radical (unpaired) electrons. The molecule has 31 heavy (non-hydrogen) atoms. The summed E-state index contributed by atoms with van der Waals surface area (Å²) in [5, 5.41) is 0. The topological polar surface area (TPSA) is 77.7 Å². The number of hydrogen-bond donors (Lipinski definition) is 2. The number of nitrogens with zero attached hydrogens (tertiary/aromatic N) is 3. The minimum atomic E-state index is -0.115. The minimum absolute atomic E-state index is 0.115. The number of carbonyl (C=O) groups excluding carboxylic acids is 1. The van der Waals surface area contributed by atoms with E-state index < -0.39 is 0 Å². The number of carbonyl (C=O) groups is 1. The first kappa shape index (κ1) is 18.3. The van der Waals surface area contributed by atoms with Crippen LogP contribution in [-0.2, 0) is 4.79 Å². The third-order valence-electron chi connectivity index (χ3n) is 5.45. The summed E-state index contributed by atoms with van der Waals surface area (Å²) in [6, 6.07) is 12.9. The van der Waals surface area contributed by atoms with Gasteiger partial charge in [0.25, 0.3) is 0 Å².